The highest BCUT2D eigenvalue weighted by atomic mass is 16.2. The number of aromatic nitrogens is 2. The third-order valence-electron chi connectivity index (χ3n) is 8.32. The van der Waals surface area contributed by atoms with Crippen molar-refractivity contribution in [2.75, 3.05) is 0 Å². The van der Waals surface area contributed by atoms with E-state index in [9.17, 15) is 9.59 Å². The lowest BCUT2D eigenvalue weighted by molar-refractivity contribution is 0.0891. The van der Waals surface area contributed by atoms with Crippen LogP contribution in [0.4, 0.5) is 0 Å². The van der Waals surface area contributed by atoms with E-state index in [1.807, 2.05) is 46.6 Å². The van der Waals surface area contributed by atoms with E-state index in [-0.39, 0.29) is 23.6 Å². The Kier molecular flexibility index (Phi) is 5.60. The lowest BCUT2D eigenvalue weighted by Gasteiger charge is -2.34. The van der Waals surface area contributed by atoms with Crippen LogP contribution in [-0.4, -0.2) is 21.1 Å². The molecule has 170 valence electrons. The topological polar surface area (TPSA) is 56.0 Å². The van der Waals surface area contributed by atoms with Gasteiger partial charge in [0.2, 0.25) is 0 Å². The molecule has 2 heterocycles. The average molecular weight is 434 g/mol. The van der Waals surface area contributed by atoms with Crippen molar-refractivity contribution in [1.82, 2.24) is 14.5 Å². The lowest BCUT2D eigenvalue weighted by atomic mass is 9.78. The normalized spacial score (nSPS) is 24.8. The molecule has 0 unspecified atom stereocenters. The molecule has 0 saturated heterocycles. The van der Waals surface area contributed by atoms with Gasteiger partial charge in [0, 0.05) is 41.6 Å². The van der Waals surface area contributed by atoms with Gasteiger partial charge in [0.05, 0.1) is 5.56 Å². The van der Waals surface area contributed by atoms with Crippen molar-refractivity contribution in [2.24, 2.45) is 18.9 Å². The molecule has 0 spiro atoms. The van der Waals surface area contributed by atoms with Crippen LogP contribution in [0.2, 0.25) is 0 Å². The third-order valence-corrected chi connectivity index (χ3v) is 8.32. The van der Waals surface area contributed by atoms with Gasteiger partial charge < -0.3 is 14.5 Å². The van der Waals surface area contributed by atoms with Crippen molar-refractivity contribution in [3.05, 3.63) is 46.4 Å². The van der Waals surface area contributed by atoms with Crippen molar-refractivity contribution in [2.45, 2.75) is 77.3 Å². The zero-order chi connectivity index (χ0) is 22.4. The summed E-state index contributed by atoms with van der Waals surface area (Å²) in [7, 11) is 1.95. The van der Waals surface area contributed by atoms with Crippen LogP contribution < -0.4 is 10.9 Å². The van der Waals surface area contributed by atoms with Gasteiger partial charge in [-0.15, -0.1) is 0 Å². The molecule has 2 saturated carbocycles. The second-order valence-corrected chi connectivity index (χ2v) is 10.2. The molecule has 1 N–H and O–H groups in total. The Bertz CT molecular complexity index is 1220. The molecule has 3 atom stereocenters. The minimum atomic E-state index is -0.0399. The molecule has 2 fully saturated rings. The molecular formula is C27H35N3O2. The first kappa shape index (κ1) is 21.3. The van der Waals surface area contributed by atoms with E-state index < -0.39 is 0 Å². The number of carbonyl (C=O) groups excluding carboxylic acids is 1. The largest absolute Gasteiger partial charge is 0.349 e. The number of hydrogen-bond acceptors (Lipinski definition) is 2. The number of aryl methyl sites for hydroxylation is 1. The summed E-state index contributed by atoms with van der Waals surface area (Å²) in [5.41, 5.74) is 2.32. The fourth-order valence-electron chi connectivity index (χ4n) is 6.14. The van der Waals surface area contributed by atoms with E-state index in [2.05, 4.69) is 19.2 Å². The Morgan fingerprint density at radius 3 is 2.53 bits per heavy atom. The van der Waals surface area contributed by atoms with Crippen molar-refractivity contribution >= 4 is 27.7 Å². The number of nitrogens with one attached hydrogen (secondary N) is 1. The van der Waals surface area contributed by atoms with Gasteiger partial charge in [-0.2, -0.15) is 0 Å². The molecule has 3 aromatic rings. The van der Waals surface area contributed by atoms with Crippen LogP contribution in [0.5, 0.6) is 0 Å². The summed E-state index contributed by atoms with van der Waals surface area (Å²) in [6.45, 7) is 4.54. The molecule has 1 aromatic carbocycles. The molecule has 0 bridgehead atoms. The second-order valence-electron chi connectivity index (χ2n) is 10.2. The van der Waals surface area contributed by atoms with E-state index in [1.165, 1.54) is 12.8 Å². The van der Waals surface area contributed by atoms with Gasteiger partial charge in [0.25, 0.3) is 11.5 Å². The highest BCUT2D eigenvalue weighted by Crippen LogP contribution is 2.33. The van der Waals surface area contributed by atoms with Gasteiger partial charge in [0.1, 0.15) is 5.52 Å². The fourth-order valence-corrected chi connectivity index (χ4v) is 6.14. The first-order valence-corrected chi connectivity index (χ1v) is 12.4. The van der Waals surface area contributed by atoms with Crippen molar-refractivity contribution in [3.63, 3.8) is 0 Å². The predicted octanol–water partition coefficient (Wildman–Crippen LogP) is 5.55. The number of hydrogen-bond donors (Lipinski definition) is 1. The number of fused-ring (bicyclic) bond motifs is 3. The van der Waals surface area contributed by atoms with E-state index in [0.29, 0.717) is 22.9 Å². The van der Waals surface area contributed by atoms with Crippen LogP contribution >= 0.6 is 0 Å². The predicted molar refractivity (Wildman–Crippen MR) is 130 cm³/mol. The maximum absolute atomic E-state index is 13.7. The van der Waals surface area contributed by atoms with Crippen LogP contribution in [0.1, 0.15) is 81.6 Å². The summed E-state index contributed by atoms with van der Waals surface area (Å²) in [6, 6.07) is 8.41. The van der Waals surface area contributed by atoms with Gasteiger partial charge in [-0.25, -0.2) is 0 Å². The average Bonchev–Trinajstić information content (AvgIpc) is 3.11. The first-order chi connectivity index (χ1) is 15.5. The van der Waals surface area contributed by atoms with Gasteiger partial charge >= 0.3 is 0 Å². The molecule has 5 heteroatoms. The van der Waals surface area contributed by atoms with Crippen LogP contribution in [-0.2, 0) is 7.05 Å². The minimum Gasteiger partial charge on any atom is -0.349 e. The Morgan fingerprint density at radius 1 is 1.00 bits per heavy atom. The van der Waals surface area contributed by atoms with Crippen LogP contribution in [0.25, 0.3) is 21.8 Å². The van der Waals surface area contributed by atoms with Crippen molar-refractivity contribution < 1.29 is 4.79 Å². The number of nitrogens with zero attached hydrogens (tertiary/aromatic N) is 2. The number of pyridine rings is 1. The SMILES string of the molecule is C[C@@H]1[C@H](C)CCC[C@H]1NC(=O)c1cn(C2CCCCC2)c(=O)c2c1c1ccccc1n2C. The summed E-state index contributed by atoms with van der Waals surface area (Å²) < 4.78 is 3.86. The molecule has 32 heavy (non-hydrogen) atoms. The van der Waals surface area contributed by atoms with Gasteiger partial charge in [-0.3, -0.25) is 9.59 Å². The monoisotopic (exact) mass is 433 g/mol. The Morgan fingerprint density at radius 2 is 1.75 bits per heavy atom. The molecule has 1 amide bonds. The summed E-state index contributed by atoms with van der Waals surface area (Å²) in [5, 5.41) is 5.15. The van der Waals surface area contributed by atoms with E-state index >= 15 is 0 Å². The standard InChI is InChI=1S/C27H35N3O2/c1-17-10-9-14-22(18(17)2)28-26(31)21-16-30(19-11-5-4-6-12-19)27(32)25-24(21)20-13-7-8-15-23(20)29(25)3/h7-8,13,15-19,22H,4-6,9-12,14H2,1-3H3,(H,28,31)/t17-,18-,22-/m1/s1. The van der Waals surface area contributed by atoms with E-state index in [1.54, 1.807) is 0 Å². The van der Waals surface area contributed by atoms with Gasteiger partial charge in [0.15, 0.2) is 0 Å². The second kappa shape index (κ2) is 8.42. The molecule has 2 aliphatic carbocycles. The zero-order valence-electron chi connectivity index (χ0n) is 19.6. The summed E-state index contributed by atoms with van der Waals surface area (Å²) in [6.07, 6.45) is 10.8. The first-order valence-electron chi connectivity index (χ1n) is 12.4. The van der Waals surface area contributed by atoms with Crippen LogP contribution in [0, 0.1) is 11.8 Å². The number of para-hydroxylation sites is 1. The van der Waals surface area contributed by atoms with E-state index in [0.717, 1.165) is 54.8 Å². The van der Waals surface area contributed by atoms with Crippen molar-refractivity contribution in [1.29, 1.82) is 0 Å². The fraction of sp³-hybridized carbons (Fsp3) is 0.556. The maximum Gasteiger partial charge on any atom is 0.275 e. The summed E-state index contributed by atoms with van der Waals surface area (Å²) in [4.78, 5) is 27.4. The minimum absolute atomic E-state index is 0.0295. The molecule has 0 aliphatic heterocycles. The smallest absolute Gasteiger partial charge is 0.275 e. The summed E-state index contributed by atoms with van der Waals surface area (Å²) >= 11 is 0. The Hall–Kier alpha value is -2.56. The summed E-state index contributed by atoms with van der Waals surface area (Å²) in [5.74, 6) is 1.03. The molecule has 5 rings (SSSR count). The molecule has 0 radical (unpaired) electrons. The number of amides is 1. The zero-order valence-corrected chi connectivity index (χ0v) is 19.6. The Balaban J connectivity index is 1.67. The highest BCUT2D eigenvalue weighted by molar-refractivity contribution is 6.17. The Labute approximate surface area is 189 Å². The lowest BCUT2D eigenvalue weighted by Crippen LogP contribution is -2.44. The quantitative estimate of drug-likeness (QED) is 0.588. The third kappa shape index (κ3) is 3.46. The molecule has 5 nitrogen and oxygen atoms in total. The van der Waals surface area contributed by atoms with E-state index in [4.69, 9.17) is 0 Å². The van der Waals surface area contributed by atoms with Crippen molar-refractivity contribution in [3.8, 4) is 0 Å². The van der Waals surface area contributed by atoms with Crippen LogP contribution in [0.15, 0.2) is 35.3 Å². The molecule has 2 aliphatic rings. The molecular weight excluding hydrogens is 398 g/mol. The highest BCUT2D eigenvalue weighted by Gasteiger charge is 2.30. The number of benzene rings is 1. The van der Waals surface area contributed by atoms with Gasteiger partial charge in [-0.05, 0) is 37.2 Å². The number of carbonyl (C=O) groups is 1. The maximum atomic E-state index is 13.7. The number of rotatable bonds is 3. The van der Waals surface area contributed by atoms with Crippen LogP contribution in [0.3, 0.4) is 0 Å². The van der Waals surface area contributed by atoms with Gasteiger partial charge in [-0.1, -0.05) is 64.2 Å². The molecule has 2 aromatic heterocycles.